The molecule has 1 saturated heterocycles. The molecule has 1 fully saturated rings. The zero-order chi connectivity index (χ0) is 16.6. The maximum Gasteiger partial charge on any atom is 0.263 e. The van der Waals surface area contributed by atoms with Gasteiger partial charge in [0.2, 0.25) is 0 Å². The molecule has 1 atom stereocenters. The van der Waals surface area contributed by atoms with Crippen molar-refractivity contribution >= 4 is 40.4 Å². The highest BCUT2D eigenvalue weighted by atomic mass is 35.5. The summed E-state index contributed by atoms with van der Waals surface area (Å²) in [5.41, 5.74) is 6.79. The van der Waals surface area contributed by atoms with Crippen molar-refractivity contribution in [1.82, 2.24) is 4.90 Å². The van der Waals surface area contributed by atoms with E-state index < -0.39 is 0 Å². The standard InChI is InChI=1S/C17H18Cl2N2OS/c1-17(9-20)4-5-21(10-17)16(22)15-3-2-14(23-15)11-6-12(18)8-13(19)7-11/h2-3,6-8H,4-5,9-10,20H2,1H3. The van der Waals surface area contributed by atoms with Crippen LogP contribution in [0.15, 0.2) is 30.3 Å². The summed E-state index contributed by atoms with van der Waals surface area (Å²) < 4.78 is 0. The summed E-state index contributed by atoms with van der Waals surface area (Å²) in [7, 11) is 0. The van der Waals surface area contributed by atoms with E-state index in [0.29, 0.717) is 16.6 Å². The van der Waals surface area contributed by atoms with E-state index >= 15 is 0 Å². The summed E-state index contributed by atoms with van der Waals surface area (Å²) in [4.78, 5) is 16.3. The number of carbonyl (C=O) groups is 1. The summed E-state index contributed by atoms with van der Waals surface area (Å²) in [6.07, 6.45) is 0.956. The number of hydrogen-bond acceptors (Lipinski definition) is 3. The van der Waals surface area contributed by atoms with Gasteiger partial charge in [0.25, 0.3) is 5.91 Å². The van der Waals surface area contributed by atoms with E-state index in [-0.39, 0.29) is 11.3 Å². The maximum atomic E-state index is 12.7. The Labute approximate surface area is 150 Å². The molecule has 1 aliphatic heterocycles. The molecule has 0 radical (unpaired) electrons. The molecule has 23 heavy (non-hydrogen) atoms. The Balaban J connectivity index is 1.81. The first-order valence-electron chi connectivity index (χ1n) is 7.46. The number of nitrogens with zero attached hydrogens (tertiary/aromatic N) is 1. The third-order valence-electron chi connectivity index (χ3n) is 4.30. The molecule has 1 amide bonds. The largest absolute Gasteiger partial charge is 0.337 e. The fourth-order valence-corrected chi connectivity index (χ4v) is 4.31. The number of amides is 1. The van der Waals surface area contributed by atoms with Gasteiger partial charge in [0, 0.05) is 28.0 Å². The van der Waals surface area contributed by atoms with Gasteiger partial charge in [-0.25, -0.2) is 0 Å². The average Bonchev–Trinajstić information content (AvgIpc) is 3.13. The van der Waals surface area contributed by atoms with E-state index in [1.54, 1.807) is 6.07 Å². The van der Waals surface area contributed by atoms with Gasteiger partial charge >= 0.3 is 0 Å². The van der Waals surface area contributed by atoms with E-state index in [2.05, 4.69) is 6.92 Å². The van der Waals surface area contributed by atoms with Gasteiger partial charge in [-0.2, -0.15) is 0 Å². The summed E-state index contributed by atoms with van der Waals surface area (Å²) in [5.74, 6) is 0.0755. The second-order valence-electron chi connectivity index (χ2n) is 6.31. The van der Waals surface area contributed by atoms with Crippen LogP contribution in [0.4, 0.5) is 0 Å². The number of rotatable bonds is 3. The quantitative estimate of drug-likeness (QED) is 0.864. The van der Waals surface area contributed by atoms with Crippen molar-refractivity contribution in [3.05, 3.63) is 45.3 Å². The van der Waals surface area contributed by atoms with Gasteiger partial charge in [-0.3, -0.25) is 4.79 Å². The van der Waals surface area contributed by atoms with Crippen LogP contribution in [0, 0.1) is 5.41 Å². The van der Waals surface area contributed by atoms with Crippen molar-refractivity contribution in [2.24, 2.45) is 11.1 Å². The zero-order valence-corrected chi connectivity index (χ0v) is 15.1. The van der Waals surface area contributed by atoms with Gasteiger partial charge in [0.15, 0.2) is 0 Å². The molecule has 0 bridgehead atoms. The average molecular weight is 369 g/mol. The fraction of sp³-hybridized carbons (Fsp3) is 0.353. The third-order valence-corrected chi connectivity index (χ3v) is 5.86. The van der Waals surface area contributed by atoms with E-state index in [9.17, 15) is 4.79 Å². The number of benzene rings is 1. The summed E-state index contributed by atoms with van der Waals surface area (Å²) >= 11 is 13.6. The minimum absolute atomic E-state index is 0.0379. The molecule has 3 nitrogen and oxygen atoms in total. The van der Waals surface area contributed by atoms with Crippen molar-refractivity contribution in [3.8, 4) is 10.4 Å². The summed E-state index contributed by atoms with van der Waals surface area (Å²) in [6, 6.07) is 9.22. The van der Waals surface area contributed by atoms with Gasteiger partial charge in [-0.15, -0.1) is 11.3 Å². The molecule has 0 aliphatic carbocycles. The molecule has 1 aromatic carbocycles. The number of hydrogen-bond donors (Lipinski definition) is 1. The van der Waals surface area contributed by atoms with Crippen LogP contribution in [-0.2, 0) is 0 Å². The van der Waals surface area contributed by atoms with Crippen LogP contribution in [0.25, 0.3) is 10.4 Å². The Morgan fingerprint density at radius 2 is 2.00 bits per heavy atom. The molecule has 1 aliphatic rings. The van der Waals surface area contributed by atoms with E-state index in [0.717, 1.165) is 34.8 Å². The lowest BCUT2D eigenvalue weighted by Gasteiger charge is -2.22. The van der Waals surface area contributed by atoms with Crippen LogP contribution >= 0.6 is 34.5 Å². The Bertz CT molecular complexity index is 726. The molecule has 2 N–H and O–H groups in total. The first-order valence-corrected chi connectivity index (χ1v) is 9.03. The van der Waals surface area contributed by atoms with Crippen molar-refractivity contribution in [2.75, 3.05) is 19.6 Å². The minimum Gasteiger partial charge on any atom is -0.337 e. The Hall–Kier alpha value is -1.07. The Morgan fingerprint density at radius 3 is 2.61 bits per heavy atom. The fourth-order valence-electron chi connectivity index (χ4n) is 2.82. The van der Waals surface area contributed by atoms with Crippen LogP contribution in [0.2, 0.25) is 10.0 Å². The number of nitrogens with two attached hydrogens (primary N) is 1. The van der Waals surface area contributed by atoms with Crippen molar-refractivity contribution in [1.29, 1.82) is 0 Å². The first-order chi connectivity index (χ1) is 10.9. The first kappa shape index (κ1) is 16.8. The van der Waals surface area contributed by atoms with Crippen LogP contribution in [0.1, 0.15) is 23.0 Å². The predicted octanol–water partition coefficient (Wildman–Crippen LogP) is 4.53. The van der Waals surface area contributed by atoms with Crippen molar-refractivity contribution < 1.29 is 4.79 Å². The Morgan fingerprint density at radius 1 is 1.30 bits per heavy atom. The number of halogens is 2. The third kappa shape index (κ3) is 3.56. The van der Waals surface area contributed by atoms with Gasteiger partial charge in [-0.1, -0.05) is 30.1 Å². The lowest BCUT2D eigenvalue weighted by atomic mass is 9.90. The molecule has 1 unspecified atom stereocenters. The highest BCUT2D eigenvalue weighted by molar-refractivity contribution is 7.17. The van der Waals surface area contributed by atoms with Crippen molar-refractivity contribution in [2.45, 2.75) is 13.3 Å². The monoisotopic (exact) mass is 368 g/mol. The molecule has 0 spiro atoms. The van der Waals surface area contributed by atoms with Crippen LogP contribution < -0.4 is 5.73 Å². The van der Waals surface area contributed by atoms with Gasteiger partial charge in [-0.05, 0) is 54.3 Å². The molecule has 1 aromatic heterocycles. The molecule has 122 valence electrons. The van der Waals surface area contributed by atoms with Gasteiger partial charge < -0.3 is 10.6 Å². The van der Waals surface area contributed by atoms with Crippen LogP contribution in [0.3, 0.4) is 0 Å². The smallest absolute Gasteiger partial charge is 0.263 e. The van der Waals surface area contributed by atoms with Crippen molar-refractivity contribution in [3.63, 3.8) is 0 Å². The van der Waals surface area contributed by atoms with Crippen LogP contribution in [0.5, 0.6) is 0 Å². The lowest BCUT2D eigenvalue weighted by molar-refractivity contribution is 0.0781. The highest BCUT2D eigenvalue weighted by Gasteiger charge is 2.35. The zero-order valence-electron chi connectivity index (χ0n) is 12.8. The molecule has 2 heterocycles. The van der Waals surface area contributed by atoms with Crippen LogP contribution in [-0.4, -0.2) is 30.4 Å². The number of thiophene rings is 1. The predicted molar refractivity (Wildman–Crippen MR) is 97.5 cm³/mol. The molecular formula is C17H18Cl2N2OS. The summed E-state index contributed by atoms with van der Waals surface area (Å²) in [6.45, 7) is 4.23. The number of carbonyl (C=O) groups excluding carboxylic acids is 1. The van der Waals surface area contributed by atoms with E-state index in [1.165, 1.54) is 11.3 Å². The SMILES string of the molecule is CC1(CN)CCN(C(=O)c2ccc(-c3cc(Cl)cc(Cl)c3)s2)C1. The maximum absolute atomic E-state index is 12.7. The lowest BCUT2D eigenvalue weighted by Crippen LogP contribution is -2.34. The Kier molecular flexibility index (Phi) is 4.70. The molecule has 3 rings (SSSR count). The number of likely N-dealkylation sites (tertiary alicyclic amines) is 1. The molecule has 6 heteroatoms. The van der Waals surface area contributed by atoms with E-state index in [4.69, 9.17) is 28.9 Å². The second kappa shape index (κ2) is 6.44. The van der Waals surface area contributed by atoms with Gasteiger partial charge in [0.1, 0.15) is 0 Å². The topological polar surface area (TPSA) is 46.3 Å². The second-order valence-corrected chi connectivity index (χ2v) is 8.27. The molecular weight excluding hydrogens is 351 g/mol. The highest BCUT2D eigenvalue weighted by Crippen LogP contribution is 2.34. The summed E-state index contributed by atoms with van der Waals surface area (Å²) in [5, 5.41) is 1.18. The molecule has 2 aromatic rings. The van der Waals surface area contributed by atoms with E-state index in [1.807, 2.05) is 29.2 Å². The van der Waals surface area contributed by atoms with Gasteiger partial charge in [0.05, 0.1) is 4.88 Å². The minimum atomic E-state index is 0.0379. The normalized spacial score (nSPS) is 21.0. The molecule has 0 saturated carbocycles.